The third-order valence-electron chi connectivity index (χ3n) is 9.06. The molecule has 2 unspecified atom stereocenters. The quantitative estimate of drug-likeness (QED) is 0.401. The number of aromatic nitrogens is 2. The summed E-state index contributed by atoms with van der Waals surface area (Å²) >= 11 is 0. The smallest absolute Gasteiger partial charge is 0.225 e. The molecule has 0 bridgehead atoms. The molecular weight excluding hydrogens is 458 g/mol. The first-order valence-corrected chi connectivity index (χ1v) is 15.5. The van der Waals surface area contributed by atoms with Crippen molar-refractivity contribution in [2.24, 2.45) is 11.8 Å². The van der Waals surface area contributed by atoms with Crippen molar-refractivity contribution in [2.45, 2.75) is 123 Å². The zero-order valence-corrected chi connectivity index (χ0v) is 24.6. The molecule has 37 heavy (non-hydrogen) atoms. The molecule has 0 radical (unpaired) electrons. The van der Waals surface area contributed by atoms with Gasteiger partial charge in [-0.15, -0.1) is 0 Å². The molecule has 3 heterocycles. The molecule has 1 aromatic rings. The van der Waals surface area contributed by atoms with Gasteiger partial charge in [-0.2, -0.15) is 0 Å². The summed E-state index contributed by atoms with van der Waals surface area (Å²) in [6.07, 6.45) is 17.6. The van der Waals surface area contributed by atoms with Crippen molar-refractivity contribution in [1.29, 1.82) is 0 Å². The Morgan fingerprint density at radius 2 is 1.68 bits per heavy atom. The third-order valence-corrected chi connectivity index (χ3v) is 9.06. The maximum atomic E-state index is 11.6. The number of ketones is 1. The molecule has 2 saturated heterocycles. The lowest BCUT2D eigenvalue weighted by Gasteiger charge is -2.32. The summed E-state index contributed by atoms with van der Waals surface area (Å²) in [5.74, 6) is 3.06. The maximum absolute atomic E-state index is 11.6. The minimum Gasteiger partial charge on any atom is -0.337 e. The summed E-state index contributed by atoms with van der Waals surface area (Å²) in [6.45, 7) is 16.5. The Balaban J connectivity index is 0.000000248. The third kappa shape index (κ3) is 9.31. The highest BCUT2D eigenvalue weighted by Gasteiger charge is 2.29. The van der Waals surface area contributed by atoms with Gasteiger partial charge in [0.15, 0.2) is 0 Å². The van der Waals surface area contributed by atoms with Crippen LogP contribution in [0.2, 0.25) is 0 Å². The standard InChI is InChI=1S/C19H33N5.C12H22O/c1-4-23(15(2)3)14-18-6-5-11-24(18)19-21-12-17(13-22-19)16-7-9-20-10-8-16;1-3-10(2)12(13)9-11-7-5-4-6-8-11/h12-13,15-16,18,20H,4-11,14H2,1-3H3;10-11H,3-9H2,1-2H3. The summed E-state index contributed by atoms with van der Waals surface area (Å²) in [6, 6.07) is 1.15. The minimum atomic E-state index is 0.293. The number of nitrogens with one attached hydrogen (secondary N) is 1. The Kier molecular flexibility index (Phi) is 12.8. The second kappa shape index (κ2) is 15.8. The number of carbonyl (C=O) groups excluding carboxylic acids is 1. The van der Waals surface area contributed by atoms with Gasteiger partial charge in [-0.1, -0.05) is 52.9 Å². The van der Waals surface area contributed by atoms with E-state index in [1.807, 2.05) is 0 Å². The van der Waals surface area contributed by atoms with Gasteiger partial charge in [-0.25, -0.2) is 9.97 Å². The summed E-state index contributed by atoms with van der Waals surface area (Å²) in [5, 5.41) is 3.43. The van der Waals surface area contributed by atoms with Gasteiger partial charge < -0.3 is 10.2 Å². The molecule has 4 rings (SSSR count). The van der Waals surface area contributed by atoms with Crippen molar-refractivity contribution in [3.8, 4) is 0 Å². The molecular formula is C31H55N5O. The highest BCUT2D eigenvalue weighted by atomic mass is 16.1. The normalized spacial score (nSPS) is 22.2. The summed E-state index contributed by atoms with van der Waals surface area (Å²) < 4.78 is 0. The van der Waals surface area contributed by atoms with Crippen LogP contribution in [0, 0.1) is 11.8 Å². The molecule has 210 valence electrons. The topological polar surface area (TPSA) is 61.4 Å². The number of rotatable bonds is 10. The SMILES string of the molecule is CCC(C)C(=O)CC1CCCCC1.CCN(CC1CCCN1c1ncc(C2CCNCC2)cn1)C(C)C. The molecule has 1 N–H and O–H groups in total. The van der Waals surface area contributed by atoms with E-state index in [-0.39, 0.29) is 0 Å². The predicted molar refractivity (Wildman–Crippen MR) is 155 cm³/mol. The Hall–Kier alpha value is -1.53. The molecule has 0 spiro atoms. The van der Waals surface area contributed by atoms with E-state index in [1.54, 1.807) is 0 Å². The van der Waals surface area contributed by atoms with Crippen LogP contribution in [-0.2, 0) is 4.79 Å². The second-order valence-corrected chi connectivity index (χ2v) is 12.0. The van der Waals surface area contributed by atoms with Crippen LogP contribution >= 0.6 is 0 Å². The van der Waals surface area contributed by atoms with E-state index in [4.69, 9.17) is 9.97 Å². The fourth-order valence-corrected chi connectivity index (χ4v) is 6.21. The lowest BCUT2D eigenvalue weighted by Crippen LogP contribution is -2.43. The van der Waals surface area contributed by atoms with Crippen LogP contribution in [0.5, 0.6) is 0 Å². The number of anilines is 1. The van der Waals surface area contributed by atoms with Crippen molar-refractivity contribution in [2.75, 3.05) is 37.6 Å². The highest BCUT2D eigenvalue weighted by molar-refractivity contribution is 5.80. The van der Waals surface area contributed by atoms with E-state index < -0.39 is 0 Å². The van der Waals surface area contributed by atoms with Gasteiger partial charge in [0.05, 0.1) is 0 Å². The average Bonchev–Trinajstić information content (AvgIpc) is 3.41. The fraction of sp³-hybridized carbons (Fsp3) is 0.839. The molecule has 0 aromatic carbocycles. The zero-order valence-electron chi connectivity index (χ0n) is 24.6. The van der Waals surface area contributed by atoms with Crippen LogP contribution in [0.3, 0.4) is 0 Å². The van der Waals surface area contributed by atoms with Gasteiger partial charge in [0, 0.05) is 49.9 Å². The molecule has 3 fully saturated rings. The van der Waals surface area contributed by atoms with E-state index in [0.29, 0.717) is 29.7 Å². The number of piperidine rings is 1. The lowest BCUT2D eigenvalue weighted by molar-refractivity contribution is -0.123. The van der Waals surface area contributed by atoms with E-state index in [2.05, 4.69) is 62.1 Å². The van der Waals surface area contributed by atoms with Gasteiger partial charge in [0.2, 0.25) is 5.95 Å². The van der Waals surface area contributed by atoms with Crippen LogP contribution in [0.4, 0.5) is 5.95 Å². The van der Waals surface area contributed by atoms with Crippen molar-refractivity contribution < 1.29 is 4.79 Å². The van der Waals surface area contributed by atoms with Gasteiger partial charge in [-0.05, 0) is 83.0 Å². The largest absolute Gasteiger partial charge is 0.337 e. The Morgan fingerprint density at radius 3 is 2.27 bits per heavy atom. The van der Waals surface area contributed by atoms with E-state index >= 15 is 0 Å². The van der Waals surface area contributed by atoms with Gasteiger partial charge in [-0.3, -0.25) is 9.69 Å². The molecule has 6 heteroatoms. The number of hydrogen-bond acceptors (Lipinski definition) is 6. The maximum Gasteiger partial charge on any atom is 0.225 e. The highest BCUT2D eigenvalue weighted by Crippen LogP contribution is 2.28. The average molecular weight is 514 g/mol. The van der Waals surface area contributed by atoms with Crippen LogP contribution in [-0.4, -0.2) is 65.5 Å². The molecule has 1 saturated carbocycles. The van der Waals surface area contributed by atoms with Crippen LogP contribution < -0.4 is 10.2 Å². The fourth-order valence-electron chi connectivity index (χ4n) is 6.21. The molecule has 2 aliphatic heterocycles. The first-order valence-electron chi connectivity index (χ1n) is 15.5. The van der Waals surface area contributed by atoms with E-state index in [0.717, 1.165) is 57.4 Å². The Labute approximate surface area is 227 Å². The minimum absolute atomic E-state index is 0.293. The summed E-state index contributed by atoms with van der Waals surface area (Å²) in [5.41, 5.74) is 1.31. The van der Waals surface area contributed by atoms with Crippen LogP contribution in [0.25, 0.3) is 0 Å². The van der Waals surface area contributed by atoms with Gasteiger partial charge in [0.1, 0.15) is 5.78 Å². The molecule has 1 aliphatic carbocycles. The van der Waals surface area contributed by atoms with Crippen molar-refractivity contribution in [3.63, 3.8) is 0 Å². The van der Waals surface area contributed by atoms with Crippen LogP contribution in [0.15, 0.2) is 12.4 Å². The number of nitrogens with zero attached hydrogens (tertiary/aromatic N) is 4. The first kappa shape index (κ1) is 30.0. The second-order valence-electron chi connectivity index (χ2n) is 12.0. The summed E-state index contributed by atoms with van der Waals surface area (Å²) in [7, 11) is 0. The lowest BCUT2D eigenvalue weighted by atomic mass is 9.83. The van der Waals surface area contributed by atoms with Gasteiger partial charge >= 0.3 is 0 Å². The Bertz CT molecular complexity index is 770. The van der Waals surface area contributed by atoms with E-state index in [1.165, 1.54) is 63.4 Å². The van der Waals surface area contributed by atoms with Crippen molar-refractivity contribution in [1.82, 2.24) is 20.2 Å². The molecule has 6 nitrogen and oxygen atoms in total. The predicted octanol–water partition coefficient (Wildman–Crippen LogP) is 6.21. The number of hydrogen-bond donors (Lipinski definition) is 1. The number of likely N-dealkylation sites (N-methyl/N-ethyl adjacent to an activating group) is 1. The zero-order chi connectivity index (χ0) is 26.6. The summed E-state index contributed by atoms with van der Waals surface area (Å²) in [4.78, 5) is 26.1. The molecule has 0 amide bonds. The molecule has 2 atom stereocenters. The first-order chi connectivity index (χ1) is 17.9. The molecule has 1 aromatic heterocycles. The number of carbonyl (C=O) groups is 1. The number of Topliss-reactive ketones (excluding diaryl/α,β-unsaturated/α-hetero) is 1. The molecule has 3 aliphatic rings. The van der Waals surface area contributed by atoms with Crippen molar-refractivity contribution in [3.05, 3.63) is 18.0 Å². The Morgan fingerprint density at radius 1 is 1.00 bits per heavy atom. The van der Waals surface area contributed by atoms with E-state index in [9.17, 15) is 4.79 Å². The van der Waals surface area contributed by atoms with Gasteiger partial charge in [0.25, 0.3) is 0 Å². The monoisotopic (exact) mass is 513 g/mol. The van der Waals surface area contributed by atoms with Crippen LogP contribution in [0.1, 0.15) is 117 Å². The van der Waals surface area contributed by atoms with Crippen molar-refractivity contribution >= 4 is 11.7 Å².